The average molecular weight is 340 g/mol. The summed E-state index contributed by atoms with van der Waals surface area (Å²) in [6, 6.07) is 8.19. The molecule has 0 amide bonds. The van der Waals surface area contributed by atoms with E-state index in [1.165, 1.54) is 12.8 Å². The van der Waals surface area contributed by atoms with Gasteiger partial charge in [-0.3, -0.25) is 0 Å². The van der Waals surface area contributed by atoms with E-state index in [-0.39, 0.29) is 11.2 Å². The number of thioether (sulfide) groups is 1. The van der Waals surface area contributed by atoms with Gasteiger partial charge in [-0.1, -0.05) is 49.0 Å². The smallest absolute Gasteiger partial charge is 0.239 e. The van der Waals surface area contributed by atoms with Gasteiger partial charge in [-0.05, 0) is 25.8 Å². The van der Waals surface area contributed by atoms with Gasteiger partial charge in [0.05, 0.1) is 10.8 Å². The van der Waals surface area contributed by atoms with Crippen LogP contribution in [0.3, 0.4) is 0 Å². The van der Waals surface area contributed by atoms with E-state index in [0.717, 1.165) is 27.6 Å². The monoisotopic (exact) mass is 340 g/mol. The molecule has 3 aromatic rings. The first-order chi connectivity index (χ1) is 11.6. The van der Waals surface area contributed by atoms with Crippen molar-refractivity contribution in [1.82, 2.24) is 20.1 Å². The third-order valence-corrected chi connectivity index (χ3v) is 5.23. The van der Waals surface area contributed by atoms with Gasteiger partial charge in [-0.15, -0.1) is 0 Å². The number of para-hydroxylation sites is 1. The van der Waals surface area contributed by atoms with E-state index in [1.807, 2.05) is 12.1 Å². The van der Waals surface area contributed by atoms with Crippen LogP contribution < -0.4 is 0 Å². The Labute approximate surface area is 145 Å². The third-order valence-electron chi connectivity index (χ3n) is 4.14. The van der Waals surface area contributed by atoms with Crippen molar-refractivity contribution in [3.8, 4) is 0 Å². The fraction of sp³-hybridized carbons (Fsp3) is 0.444. The fourth-order valence-corrected chi connectivity index (χ4v) is 3.52. The molecule has 1 aromatic carbocycles. The molecule has 0 spiro atoms. The van der Waals surface area contributed by atoms with Gasteiger partial charge < -0.3 is 4.52 Å². The molecule has 1 saturated carbocycles. The molecule has 124 valence electrons. The molecular formula is C18H20N4OS. The molecule has 0 bridgehead atoms. The van der Waals surface area contributed by atoms with Gasteiger partial charge in [0.15, 0.2) is 5.82 Å². The Balaban J connectivity index is 1.67. The van der Waals surface area contributed by atoms with Crippen LogP contribution >= 0.6 is 11.8 Å². The zero-order valence-corrected chi connectivity index (χ0v) is 14.9. The molecule has 0 aliphatic heterocycles. The molecule has 2 heterocycles. The summed E-state index contributed by atoms with van der Waals surface area (Å²) in [6.45, 7) is 6.20. The maximum atomic E-state index is 5.44. The van der Waals surface area contributed by atoms with Crippen LogP contribution in [0.25, 0.3) is 10.9 Å². The van der Waals surface area contributed by atoms with Gasteiger partial charge in [0, 0.05) is 17.2 Å². The summed E-state index contributed by atoms with van der Waals surface area (Å²) in [5.74, 6) is 3.17. The van der Waals surface area contributed by atoms with Crippen LogP contribution in [0.4, 0.5) is 0 Å². The Morgan fingerprint density at radius 1 is 1.08 bits per heavy atom. The molecule has 6 heteroatoms. The van der Waals surface area contributed by atoms with Crippen LogP contribution in [0.5, 0.6) is 0 Å². The van der Waals surface area contributed by atoms with Crippen LogP contribution in [-0.4, -0.2) is 20.1 Å². The second-order valence-corrected chi connectivity index (χ2v) is 7.91. The molecule has 24 heavy (non-hydrogen) atoms. The second-order valence-electron chi connectivity index (χ2n) is 6.58. The van der Waals surface area contributed by atoms with E-state index in [2.05, 4.69) is 43.0 Å². The van der Waals surface area contributed by atoms with E-state index in [9.17, 15) is 0 Å². The molecule has 1 aliphatic carbocycles. The minimum Gasteiger partial charge on any atom is -0.338 e. The molecule has 4 rings (SSSR count). The molecule has 0 saturated heterocycles. The first-order valence-electron chi connectivity index (χ1n) is 8.38. The van der Waals surface area contributed by atoms with Crippen molar-refractivity contribution in [3.05, 3.63) is 41.8 Å². The summed E-state index contributed by atoms with van der Waals surface area (Å²) in [5.41, 5.74) is 1.01. The highest BCUT2D eigenvalue weighted by molar-refractivity contribution is 7.99. The summed E-state index contributed by atoms with van der Waals surface area (Å²) >= 11 is 1.66. The predicted molar refractivity (Wildman–Crippen MR) is 94.2 cm³/mol. The lowest BCUT2D eigenvalue weighted by Gasteiger charge is -2.10. The number of nitrogens with zero attached hydrogens (tertiary/aromatic N) is 4. The molecular weight excluding hydrogens is 320 g/mol. The van der Waals surface area contributed by atoms with E-state index >= 15 is 0 Å². The molecule has 2 aromatic heterocycles. The van der Waals surface area contributed by atoms with Crippen LogP contribution in [-0.2, 0) is 0 Å². The highest BCUT2D eigenvalue weighted by Gasteiger charge is 2.28. The van der Waals surface area contributed by atoms with E-state index in [0.29, 0.717) is 11.8 Å². The Morgan fingerprint density at radius 3 is 2.58 bits per heavy atom. The SMILES string of the molecule is CC(C)c1noc(C(C)Sc2nc(C3CC3)nc3ccccc23)n1. The van der Waals surface area contributed by atoms with Gasteiger partial charge in [0.2, 0.25) is 5.89 Å². The number of hydrogen-bond acceptors (Lipinski definition) is 6. The summed E-state index contributed by atoms with van der Waals surface area (Å²) in [6.07, 6.45) is 2.39. The lowest BCUT2D eigenvalue weighted by Crippen LogP contribution is -1.98. The molecule has 5 nitrogen and oxygen atoms in total. The molecule has 1 unspecified atom stereocenters. The Hall–Kier alpha value is -1.95. The first-order valence-corrected chi connectivity index (χ1v) is 9.26. The van der Waals surface area contributed by atoms with Crippen LogP contribution in [0.15, 0.2) is 33.8 Å². The minimum absolute atomic E-state index is 0.0513. The van der Waals surface area contributed by atoms with E-state index < -0.39 is 0 Å². The summed E-state index contributed by atoms with van der Waals surface area (Å²) in [5, 5.41) is 6.20. The van der Waals surface area contributed by atoms with Gasteiger partial charge in [0.25, 0.3) is 0 Å². The summed E-state index contributed by atoms with van der Waals surface area (Å²) in [4.78, 5) is 14.1. The molecule has 1 aliphatic rings. The number of fused-ring (bicyclic) bond motifs is 1. The van der Waals surface area contributed by atoms with Crippen LogP contribution in [0.1, 0.15) is 68.2 Å². The zero-order chi connectivity index (χ0) is 16.7. The number of rotatable bonds is 5. The highest BCUT2D eigenvalue weighted by Crippen LogP contribution is 2.42. The Morgan fingerprint density at radius 2 is 1.88 bits per heavy atom. The Bertz CT molecular complexity index is 872. The van der Waals surface area contributed by atoms with E-state index in [4.69, 9.17) is 14.5 Å². The second kappa shape index (κ2) is 6.16. The maximum absolute atomic E-state index is 5.44. The van der Waals surface area contributed by atoms with Gasteiger partial charge in [-0.25, -0.2) is 9.97 Å². The number of hydrogen-bond donors (Lipinski definition) is 0. The van der Waals surface area contributed by atoms with Gasteiger partial charge >= 0.3 is 0 Å². The van der Waals surface area contributed by atoms with Crippen molar-refractivity contribution in [2.45, 2.75) is 55.7 Å². The highest BCUT2D eigenvalue weighted by atomic mass is 32.2. The number of benzene rings is 1. The van der Waals surface area contributed by atoms with Crippen molar-refractivity contribution in [3.63, 3.8) is 0 Å². The maximum Gasteiger partial charge on any atom is 0.239 e. The van der Waals surface area contributed by atoms with Crippen LogP contribution in [0, 0.1) is 0 Å². The number of aromatic nitrogens is 4. The summed E-state index contributed by atoms with van der Waals surface area (Å²) < 4.78 is 5.44. The van der Waals surface area contributed by atoms with Crippen molar-refractivity contribution in [2.75, 3.05) is 0 Å². The molecule has 0 radical (unpaired) electrons. The standard InChI is InChI=1S/C18H20N4OS/c1-10(2)15-20-17(23-22-15)11(3)24-18-13-6-4-5-7-14(13)19-16(21-18)12-8-9-12/h4-7,10-12H,8-9H2,1-3H3. The van der Waals surface area contributed by atoms with Crippen molar-refractivity contribution in [2.24, 2.45) is 0 Å². The molecule has 1 fully saturated rings. The first kappa shape index (κ1) is 15.6. The minimum atomic E-state index is 0.0513. The third kappa shape index (κ3) is 3.02. The lowest BCUT2D eigenvalue weighted by molar-refractivity contribution is 0.373. The Kier molecular flexibility index (Phi) is 4.00. The quantitative estimate of drug-likeness (QED) is 0.488. The van der Waals surface area contributed by atoms with Crippen LogP contribution in [0.2, 0.25) is 0 Å². The van der Waals surface area contributed by atoms with Crippen molar-refractivity contribution in [1.29, 1.82) is 0 Å². The predicted octanol–water partition coefficient (Wildman–Crippen LogP) is 4.87. The van der Waals surface area contributed by atoms with Gasteiger partial charge in [0.1, 0.15) is 10.9 Å². The van der Waals surface area contributed by atoms with Gasteiger partial charge in [-0.2, -0.15) is 4.98 Å². The molecule has 0 N–H and O–H groups in total. The van der Waals surface area contributed by atoms with Crippen molar-refractivity contribution < 1.29 is 4.52 Å². The van der Waals surface area contributed by atoms with E-state index in [1.54, 1.807) is 11.8 Å². The largest absolute Gasteiger partial charge is 0.338 e. The normalized spacial score (nSPS) is 16.0. The lowest BCUT2D eigenvalue weighted by atomic mass is 10.2. The molecule has 1 atom stereocenters. The average Bonchev–Trinajstić information content (AvgIpc) is 3.30. The topological polar surface area (TPSA) is 64.7 Å². The summed E-state index contributed by atoms with van der Waals surface area (Å²) in [7, 11) is 0. The zero-order valence-electron chi connectivity index (χ0n) is 14.1. The fourth-order valence-electron chi connectivity index (χ4n) is 2.54. The van der Waals surface area contributed by atoms with Crippen molar-refractivity contribution >= 4 is 22.7 Å².